The number of H-pyrrole nitrogens is 1. The molecule has 0 aliphatic rings. The molecule has 0 radical (unpaired) electrons. The lowest BCUT2D eigenvalue weighted by molar-refractivity contribution is -0.0513. The summed E-state index contributed by atoms with van der Waals surface area (Å²) in [6, 6.07) is 11.3. The van der Waals surface area contributed by atoms with Gasteiger partial charge in [0.1, 0.15) is 5.82 Å². The lowest BCUT2D eigenvalue weighted by atomic mass is 10.2. The molecule has 1 N–H and O–H groups in total. The number of aromatic nitrogens is 2. The van der Waals surface area contributed by atoms with Gasteiger partial charge in [0, 0.05) is 0 Å². The zero-order valence-corrected chi connectivity index (χ0v) is 14.0. The van der Waals surface area contributed by atoms with Crippen LogP contribution in [-0.2, 0) is 4.74 Å². The number of para-hydroxylation sites is 2. The predicted molar refractivity (Wildman–Crippen MR) is 89.6 cm³/mol. The number of aromatic amines is 1. The molecule has 1 heterocycles. The number of hydrogen-bond donors (Lipinski definition) is 1. The molecular weight excluding hydrogens is 346 g/mol. The molecule has 6 nitrogen and oxygen atoms in total. The number of nitrogens with zero attached hydrogens (tertiary/aromatic N) is 1. The summed E-state index contributed by atoms with van der Waals surface area (Å²) in [4.78, 5) is 19.8. The average molecular weight is 362 g/mol. The van der Waals surface area contributed by atoms with Gasteiger partial charge in [-0.25, -0.2) is 9.78 Å². The van der Waals surface area contributed by atoms with Gasteiger partial charge in [0.15, 0.2) is 17.6 Å². The minimum absolute atomic E-state index is 0.0596. The van der Waals surface area contributed by atoms with Crippen molar-refractivity contribution in [3.05, 3.63) is 53.9 Å². The highest BCUT2D eigenvalue weighted by Crippen LogP contribution is 2.30. The fourth-order valence-electron chi connectivity index (χ4n) is 2.44. The van der Waals surface area contributed by atoms with Crippen molar-refractivity contribution in [2.24, 2.45) is 0 Å². The van der Waals surface area contributed by atoms with Crippen molar-refractivity contribution in [3.8, 4) is 11.5 Å². The van der Waals surface area contributed by atoms with E-state index < -0.39 is 18.7 Å². The first-order chi connectivity index (χ1) is 12.5. The Hall–Kier alpha value is -3.16. The van der Waals surface area contributed by atoms with Crippen molar-refractivity contribution in [3.63, 3.8) is 0 Å². The highest BCUT2D eigenvalue weighted by molar-refractivity contribution is 5.90. The molecule has 0 bridgehead atoms. The number of halogens is 2. The molecule has 0 amide bonds. The van der Waals surface area contributed by atoms with E-state index in [0.29, 0.717) is 5.82 Å². The lowest BCUT2D eigenvalue weighted by Crippen LogP contribution is -2.11. The van der Waals surface area contributed by atoms with Gasteiger partial charge in [0.05, 0.1) is 23.7 Å². The highest BCUT2D eigenvalue weighted by atomic mass is 19.3. The maximum absolute atomic E-state index is 12.5. The normalized spacial score (nSPS) is 12.2. The molecule has 0 fully saturated rings. The van der Waals surface area contributed by atoms with Gasteiger partial charge in [-0.3, -0.25) is 0 Å². The van der Waals surface area contributed by atoms with E-state index in [-0.39, 0.29) is 17.1 Å². The Kier molecular flexibility index (Phi) is 5.01. The van der Waals surface area contributed by atoms with E-state index in [1.165, 1.54) is 19.2 Å². The molecule has 0 saturated carbocycles. The summed E-state index contributed by atoms with van der Waals surface area (Å²) in [5.41, 5.74) is 1.63. The number of carbonyl (C=O) groups excluding carboxylic acids is 1. The zero-order valence-electron chi connectivity index (χ0n) is 14.0. The predicted octanol–water partition coefficient (Wildman–Crippen LogP) is 4.09. The number of ether oxygens (including phenoxy) is 3. The van der Waals surface area contributed by atoms with E-state index in [1.54, 1.807) is 6.92 Å². The van der Waals surface area contributed by atoms with Crippen molar-refractivity contribution in [2.75, 3.05) is 7.11 Å². The summed E-state index contributed by atoms with van der Waals surface area (Å²) >= 11 is 0. The maximum atomic E-state index is 12.5. The number of alkyl halides is 2. The number of esters is 1. The molecular formula is C18H16F2N2O4. The van der Waals surface area contributed by atoms with Crippen molar-refractivity contribution in [1.29, 1.82) is 0 Å². The molecule has 3 aromatic rings. The number of fused-ring (bicyclic) bond motifs is 1. The van der Waals surface area contributed by atoms with Crippen LogP contribution in [0.4, 0.5) is 8.78 Å². The molecule has 0 unspecified atom stereocenters. The van der Waals surface area contributed by atoms with Gasteiger partial charge in [-0.1, -0.05) is 12.1 Å². The number of benzene rings is 2. The molecule has 0 aliphatic heterocycles. The largest absolute Gasteiger partial charge is 0.493 e. The Morgan fingerprint density at radius 2 is 1.92 bits per heavy atom. The van der Waals surface area contributed by atoms with E-state index in [4.69, 9.17) is 9.47 Å². The van der Waals surface area contributed by atoms with E-state index in [1.807, 2.05) is 24.3 Å². The van der Waals surface area contributed by atoms with Crippen LogP contribution in [0.1, 0.15) is 29.2 Å². The minimum atomic E-state index is -3.04. The van der Waals surface area contributed by atoms with E-state index in [2.05, 4.69) is 14.7 Å². The fraction of sp³-hybridized carbons (Fsp3) is 0.222. The fourth-order valence-corrected chi connectivity index (χ4v) is 2.44. The Bertz CT molecular complexity index is 893. The molecule has 1 aromatic heterocycles. The van der Waals surface area contributed by atoms with Crippen molar-refractivity contribution < 1.29 is 27.8 Å². The third kappa shape index (κ3) is 3.74. The topological polar surface area (TPSA) is 73.4 Å². The van der Waals surface area contributed by atoms with E-state index in [0.717, 1.165) is 17.1 Å². The zero-order chi connectivity index (χ0) is 18.7. The first-order valence-electron chi connectivity index (χ1n) is 7.76. The molecule has 3 rings (SSSR count). The number of hydrogen-bond acceptors (Lipinski definition) is 5. The Balaban J connectivity index is 1.78. The van der Waals surface area contributed by atoms with Crippen LogP contribution in [0.5, 0.6) is 11.5 Å². The molecule has 2 aromatic carbocycles. The summed E-state index contributed by atoms with van der Waals surface area (Å²) in [5.74, 6) is -0.364. The Labute approximate surface area is 147 Å². The molecule has 0 spiro atoms. The summed E-state index contributed by atoms with van der Waals surface area (Å²) in [6.45, 7) is -1.37. The number of carbonyl (C=O) groups is 1. The third-order valence-corrected chi connectivity index (χ3v) is 3.69. The van der Waals surface area contributed by atoms with Crippen molar-refractivity contribution in [1.82, 2.24) is 9.97 Å². The number of nitrogens with one attached hydrogen (secondary N) is 1. The van der Waals surface area contributed by atoms with Crippen LogP contribution in [0.3, 0.4) is 0 Å². The van der Waals surface area contributed by atoms with E-state index >= 15 is 0 Å². The molecule has 0 saturated heterocycles. The average Bonchev–Trinajstić information content (AvgIpc) is 3.05. The lowest BCUT2D eigenvalue weighted by Gasteiger charge is -2.13. The van der Waals surface area contributed by atoms with Gasteiger partial charge >= 0.3 is 12.6 Å². The first kappa shape index (κ1) is 17.7. The van der Waals surface area contributed by atoms with Gasteiger partial charge in [-0.15, -0.1) is 0 Å². The molecule has 1 atom stereocenters. The van der Waals surface area contributed by atoms with Gasteiger partial charge in [0.2, 0.25) is 0 Å². The Morgan fingerprint density at radius 3 is 2.62 bits per heavy atom. The summed E-state index contributed by atoms with van der Waals surface area (Å²) in [6.07, 6.45) is -0.656. The van der Waals surface area contributed by atoms with Gasteiger partial charge < -0.3 is 19.2 Å². The van der Waals surface area contributed by atoms with Crippen LogP contribution in [0.25, 0.3) is 11.0 Å². The molecule has 136 valence electrons. The standard InChI is InChI=1S/C18H16F2N2O4/c1-10(16-21-12-5-3-4-6-13(12)22-16)25-17(23)11-7-8-14(24-2)15(9-11)26-18(19)20/h3-10,18H,1-2H3,(H,21,22)/t10-/m0/s1. The number of imidazole rings is 1. The monoisotopic (exact) mass is 362 g/mol. The number of methoxy groups -OCH3 is 1. The second-order valence-electron chi connectivity index (χ2n) is 5.43. The quantitative estimate of drug-likeness (QED) is 0.669. The highest BCUT2D eigenvalue weighted by Gasteiger charge is 2.19. The van der Waals surface area contributed by atoms with Crippen molar-refractivity contribution >= 4 is 17.0 Å². The van der Waals surface area contributed by atoms with Gasteiger partial charge in [-0.2, -0.15) is 8.78 Å². The molecule has 26 heavy (non-hydrogen) atoms. The van der Waals surface area contributed by atoms with Gasteiger partial charge in [-0.05, 0) is 37.3 Å². The SMILES string of the molecule is COc1ccc(C(=O)O[C@@H](C)c2nc3ccccc3[nH]2)cc1OC(F)F. The Morgan fingerprint density at radius 1 is 1.15 bits per heavy atom. The van der Waals surface area contributed by atoms with Crippen LogP contribution in [0, 0.1) is 0 Å². The van der Waals surface area contributed by atoms with E-state index in [9.17, 15) is 13.6 Å². The van der Waals surface area contributed by atoms with Crippen LogP contribution < -0.4 is 9.47 Å². The first-order valence-corrected chi connectivity index (χ1v) is 7.76. The molecule has 8 heteroatoms. The van der Waals surface area contributed by atoms with Crippen LogP contribution in [0.15, 0.2) is 42.5 Å². The summed E-state index contributed by atoms with van der Waals surface area (Å²) in [7, 11) is 1.31. The summed E-state index contributed by atoms with van der Waals surface area (Å²) < 4.78 is 39.7. The summed E-state index contributed by atoms with van der Waals surface area (Å²) in [5, 5.41) is 0. The second kappa shape index (κ2) is 7.38. The third-order valence-electron chi connectivity index (χ3n) is 3.69. The smallest absolute Gasteiger partial charge is 0.387 e. The van der Waals surface area contributed by atoms with Crippen molar-refractivity contribution in [2.45, 2.75) is 19.6 Å². The van der Waals surface area contributed by atoms with Crippen LogP contribution in [-0.4, -0.2) is 29.7 Å². The minimum Gasteiger partial charge on any atom is -0.493 e. The van der Waals surface area contributed by atoms with Crippen LogP contribution in [0.2, 0.25) is 0 Å². The second-order valence-corrected chi connectivity index (χ2v) is 5.43. The molecule has 0 aliphatic carbocycles. The van der Waals surface area contributed by atoms with Gasteiger partial charge in [0.25, 0.3) is 0 Å². The maximum Gasteiger partial charge on any atom is 0.387 e. The van der Waals surface area contributed by atoms with Crippen LogP contribution >= 0.6 is 0 Å². The number of rotatable bonds is 6.